The molecule has 0 aromatic heterocycles. The molecule has 0 aliphatic carbocycles. The number of rotatable bonds is 6. The molecular weight excluding hydrogens is 286 g/mol. The summed E-state index contributed by atoms with van der Waals surface area (Å²) in [7, 11) is 0. The first-order valence-corrected chi connectivity index (χ1v) is 8.17. The van der Waals surface area contributed by atoms with Crippen LogP contribution in [0, 0.1) is 13.8 Å². The zero-order valence-electron chi connectivity index (χ0n) is 14.3. The Morgan fingerprint density at radius 1 is 1.09 bits per heavy atom. The fourth-order valence-electron chi connectivity index (χ4n) is 2.45. The molecule has 3 nitrogen and oxygen atoms in total. The zero-order valence-corrected chi connectivity index (χ0v) is 14.3. The number of anilines is 1. The molecule has 0 unspecified atom stereocenters. The highest BCUT2D eigenvalue weighted by molar-refractivity contribution is 5.94. The van der Waals surface area contributed by atoms with Crippen molar-refractivity contribution in [2.24, 2.45) is 0 Å². The van der Waals surface area contributed by atoms with E-state index in [2.05, 4.69) is 18.3 Å². The summed E-state index contributed by atoms with van der Waals surface area (Å²) in [6.07, 6.45) is 1.11. The van der Waals surface area contributed by atoms with Crippen molar-refractivity contribution in [1.82, 2.24) is 0 Å². The Hall–Kier alpha value is -2.29. The summed E-state index contributed by atoms with van der Waals surface area (Å²) < 4.78 is 5.92. The molecule has 0 fully saturated rings. The van der Waals surface area contributed by atoms with E-state index in [0.29, 0.717) is 6.42 Å². The molecule has 0 spiro atoms. The Kier molecular flexibility index (Phi) is 5.80. The molecule has 0 saturated carbocycles. The molecule has 1 atom stereocenters. The third kappa shape index (κ3) is 4.59. The highest BCUT2D eigenvalue weighted by Crippen LogP contribution is 2.21. The third-order valence-corrected chi connectivity index (χ3v) is 3.89. The van der Waals surface area contributed by atoms with Gasteiger partial charge in [0.05, 0.1) is 0 Å². The number of nitrogens with one attached hydrogen (secondary N) is 1. The number of aryl methyl sites for hydroxylation is 3. The fourth-order valence-corrected chi connectivity index (χ4v) is 2.45. The second kappa shape index (κ2) is 7.82. The molecule has 1 N–H and O–H groups in total. The van der Waals surface area contributed by atoms with Gasteiger partial charge < -0.3 is 10.1 Å². The molecule has 0 heterocycles. The van der Waals surface area contributed by atoms with E-state index >= 15 is 0 Å². The van der Waals surface area contributed by atoms with Crippen molar-refractivity contribution in [3.8, 4) is 5.75 Å². The quantitative estimate of drug-likeness (QED) is 0.842. The van der Waals surface area contributed by atoms with E-state index in [1.165, 1.54) is 11.1 Å². The molecule has 0 radical (unpaired) electrons. The lowest BCUT2D eigenvalue weighted by atomic mass is 10.1. The molecule has 122 valence electrons. The van der Waals surface area contributed by atoms with Gasteiger partial charge in [0.25, 0.3) is 5.91 Å². The molecule has 23 heavy (non-hydrogen) atoms. The van der Waals surface area contributed by atoms with Gasteiger partial charge in [0, 0.05) is 5.69 Å². The van der Waals surface area contributed by atoms with E-state index in [1.807, 2.05) is 57.2 Å². The summed E-state index contributed by atoms with van der Waals surface area (Å²) >= 11 is 0. The van der Waals surface area contributed by atoms with Gasteiger partial charge >= 0.3 is 0 Å². The predicted octanol–water partition coefficient (Wildman–Crippen LogP) is 4.66. The van der Waals surface area contributed by atoms with E-state index in [0.717, 1.165) is 23.4 Å². The summed E-state index contributed by atoms with van der Waals surface area (Å²) in [6, 6.07) is 13.9. The summed E-state index contributed by atoms with van der Waals surface area (Å²) in [5.74, 6) is 0.649. The number of carbonyl (C=O) groups is 1. The van der Waals surface area contributed by atoms with Crippen molar-refractivity contribution in [2.75, 3.05) is 5.32 Å². The lowest BCUT2D eigenvalue weighted by molar-refractivity contribution is -0.122. The molecule has 2 aromatic carbocycles. The number of hydrogen-bond donors (Lipinski definition) is 1. The first kappa shape index (κ1) is 17.1. The van der Waals surface area contributed by atoms with Crippen molar-refractivity contribution in [2.45, 2.75) is 46.6 Å². The van der Waals surface area contributed by atoms with Crippen LogP contribution in [0.5, 0.6) is 5.75 Å². The monoisotopic (exact) mass is 311 g/mol. The van der Waals surface area contributed by atoms with E-state index in [9.17, 15) is 4.79 Å². The van der Waals surface area contributed by atoms with Crippen LogP contribution in [0.15, 0.2) is 42.5 Å². The van der Waals surface area contributed by atoms with Gasteiger partial charge in [0.15, 0.2) is 6.10 Å². The van der Waals surface area contributed by atoms with Gasteiger partial charge in [-0.1, -0.05) is 43.7 Å². The normalized spacial score (nSPS) is 11.8. The van der Waals surface area contributed by atoms with Gasteiger partial charge in [-0.2, -0.15) is 0 Å². The average Bonchev–Trinajstić information content (AvgIpc) is 2.54. The van der Waals surface area contributed by atoms with Crippen LogP contribution in [-0.4, -0.2) is 12.0 Å². The van der Waals surface area contributed by atoms with Gasteiger partial charge in [0.1, 0.15) is 5.75 Å². The zero-order chi connectivity index (χ0) is 16.8. The smallest absolute Gasteiger partial charge is 0.265 e. The topological polar surface area (TPSA) is 38.3 Å². The Bertz CT molecular complexity index is 662. The van der Waals surface area contributed by atoms with Crippen LogP contribution >= 0.6 is 0 Å². The van der Waals surface area contributed by atoms with Gasteiger partial charge in [-0.3, -0.25) is 4.79 Å². The van der Waals surface area contributed by atoms with Gasteiger partial charge in [-0.25, -0.2) is 0 Å². The molecule has 3 heteroatoms. The maximum Gasteiger partial charge on any atom is 0.265 e. The van der Waals surface area contributed by atoms with Crippen LogP contribution in [0.25, 0.3) is 0 Å². The fraction of sp³-hybridized carbons (Fsp3) is 0.350. The van der Waals surface area contributed by atoms with Crippen LogP contribution in [0.3, 0.4) is 0 Å². The molecule has 0 saturated heterocycles. The maximum atomic E-state index is 12.4. The predicted molar refractivity (Wildman–Crippen MR) is 95.1 cm³/mol. The number of ether oxygens (including phenoxy) is 1. The SMILES string of the molecule is CCc1ccc(NC(=O)[C@H](CC)Oc2ccc(C)cc2C)cc1. The van der Waals surface area contributed by atoms with Crippen LogP contribution in [-0.2, 0) is 11.2 Å². The summed E-state index contributed by atoms with van der Waals surface area (Å²) in [6.45, 7) is 8.10. The minimum Gasteiger partial charge on any atom is -0.480 e. The van der Waals surface area contributed by atoms with Crippen LogP contribution in [0.1, 0.15) is 37.0 Å². The Morgan fingerprint density at radius 3 is 2.35 bits per heavy atom. The first-order valence-electron chi connectivity index (χ1n) is 8.17. The largest absolute Gasteiger partial charge is 0.480 e. The number of amides is 1. The molecule has 0 aliphatic heterocycles. The average molecular weight is 311 g/mol. The maximum absolute atomic E-state index is 12.4. The standard InChI is InChI=1S/C20H25NO2/c1-5-16-8-10-17(11-9-16)21-20(22)18(6-2)23-19-12-7-14(3)13-15(19)4/h7-13,18H,5-6H2,1-4H3,(H,21,22)/t18-/m0/s1. The first-order chi connectivity index (χ1) is 11.0. The minimum absolute atomic E-state index is 0.114. The van der Waals surface area contributed by atoms with Crippen LogP contribution in [0.4, 0.5) is 5.69 Å². The third-order valence-electron chi connectivity index (χ3n) is 3.89. The lowest BCUT2D eigenvalue weighted by Crippen LogP contribution is -2.32. The van der Waals surface area contributed by atoms with Gasteiger partial charge in [-0.05, 0) is 56.0 Å². The van der Waals surface area contributed by atoms with E-state index in [1.54, 1.807) is 0 Å². The Balaban J connectivity index is 2.05. The summed E-state index contributed by atoms with van der Waals surface area (Å²) in [5.41, 5.74) is 4.28. The molecule has 2 rings (SSSR count). The van der Waals surface area contributed by atoms with Crippen molar-refractivity contribution in [3.05, 3.63) is 59.2 Å². The van der Waals surface area contributed by atoms with E-state index in [4.69, 9.17) is 4.74 Å². The van der Waals surface area contributed by atoms with Crippen molar-refractivity contribution >= 4 is 11.6 Å². The van der Waals surface area contributed by atoms with E-state index in [-0.39, 0.29) is 5.91 Å². The molecule has 0 aliphatic rings. The second-order valence-corrected chi connectivity index (χ2v) is 5.82. The minimum atomic E-state index is -0.498. The highest BCUT2D eigenvalue weighted by atomic mass is 16.5. The molecule has 1 amide bonds. The van der Waals surface area contributed by atoms with Gasteiger partial charge in [-0.15, -0.1) is 0 Å². The Labute approximate surface area is 138 Å². The second-order valence-electron chi connectivity index (χ2n) is 5.82. The van der Waals surface area contributed by atoms with Crippen LogP contribution in [0.2, 0.25) is 0 Å². The summed E-state index contributed by atoms with van der Waals surface area (Å²) in [4.78, 5) is 12.4. The number of hydrogen-bond acceptors (Lipinski definition) is 2. The Morgan fingerprint density at radius 2 is 1.78 bits per heavy atom. The number of carbonyl (C=O) groups excluding carboxylic acids is 1. The van der Waals surface area contributed by atoms with Crippen molar-refractivity contribution in [3.63, 3.8) is 0 Å². The van der Waals surface area contributed by atoms with E-state index < -0.39 is 6.10 Å². The van der Waals surface area contributed by atoms with Crippen LogP contribution < -0.4 is 10.1 Å². The van der Waals surface area contributed by atoms with Crippen molar-refractivity contribution in [1.29, 1.82) is 0 Å². The summed E-state index contributed by atoms with van der Waals surface area (Å²) in [5, 5.41) is 2.93. The number of benzene rings is 2. The molecule has 0 bridgehead atoms. The van der Waals surface area contributed by atoms with Gasteiger partial charge in [0.2, 0.25) is 0 Å². The highest BCUT2D eigenvalue weighted by Gasteiger charge is 2.19. The van der Waals surface area contributed by atoms with Crippen molar-refractivity contribution < 1.29 is 9.53 Å². The molecular formula is C20H25NO2. The lowest BCUT2D eigenvalue weighted by Gasteiger charge is -2.19. The molecule has 2 aromatic rings.